The zero-order valence-electron chi connectivity index (χ0n) is 25.9. The molecule has 0 amide bonds. The quantitative estimate of drug-likeness (QED) is 0.131. The van der Waals surface area contributed by atoms with Gasteiger partial charge in [-0.25, -0.2) is 0 Å². The first-order valence-corrected chi connectivity index (χ1v) is 16.5. The fourth-order valence-corrected chi connectivity index (χ4v) is 5.33. The highest BCUT2D eigenvalue weighted by Crippen LogP contribution is 2.37. The highest BCUT2D eigenvalue weighted by atomic mass is 16.5. The first-order chi connectivity index (χ1) is 19.1. The topological polar surface area (TPSA) is 33.3 Å². The monoisotopic (exact) mass is 536 g/mol. The van der Waals surface area contributed by atoms with E-state index in [1.54, 1.807) is 0 Å². The molecule has 0 saturated heterocycles. The van der Waals surface area contributed by atoms with Crippen molar-refractivity contribution in [3.8, 4) is 11.5 Å². The van der Waals surface area contributed by atoms with E-state index in [1.807, 2.05) is 30.3 Å². The van der Waals surface area contributed by atoms with Crippen LogP contribution in [0.1, 0.15) is 143 Å². The van der Waals surface area contributed by atoms with Crippen LogP contribution in [0.5, 0.6) is 11.5 Å². The Labute approximate surface area is 241 Å². The molecule has 2 N–H and O–H groups in total. The van der Waals surface area contributed by atoms with Gasteiger partial charge in [0.2, 0.25) is 0 Å². The largest absolute Gasteiger partial charge is 0.455 e. The fraction of sp³-hybridized carbons (Fsp3) is 0.667. The predicted molar refractivity (Wildman–Crippen MR) is 174 cm³/mol. The van der Waals surface area contributed by atoms with Gasteiger partial charge >= 0.3 is 0 Å². The van der Waals surface area contributed by atoms with Crippen LogP contribution < -0.4 is 15.4 Å². The van der Waals surface area contributed by atoms with Crippen LogP contribution in [0, 0.1) is 0 Å². The van der Waals surface area contributed by atoms with Gasteiger partial charge in [-0.2, -0.15) is 0 Å². The van der Waals surface area contributed by atoms with Gasteiger partial charge in [0.05, 0.1) is 5.69 Å². The number of hydrogen-bond acceptors (Lipinski definition) is 3. The van der Waals surface area contributed by atoms with E-state index >= 15 is 0 Å². The smallest absolute Gasteiger partial charge is 0.152 e. The van der Waals surface area contributed by atoms with Gasteiger partial charge in [-0.1, -0.05) is 141 Å². The van der Waals surface area contributed by atoms with Crippen molar-refractivity contribution in [2.24, 2.45) is 0 Å². The van der Waals surface area contributed by atoms with Crippen LogP contribution in [0.4, 0.5) is 11.4 Å². The molecule has 0 fully saturated rings. The van der Waals surface area contributed by atoms with Crippen molar-refractivity contribution >= 4 is 11.4 Å². The number of hydrogen-bond donors (Lipinski definition) is 2. The van der Waals surface area contributed by atoms with E-state index in [-0.39, 0.29) is 0 Å². The second-order valence-corrected chi connectivity index (χ2v) is 11.7. The number of ether oxygens (including phenoxy) is 1. The van der Waals surface area contributed by atoms with E-state index in [4.69, 9.17) is 4.74 Å². The molecule has 2 aromatic rings. The molecular formula is C36H60N2O. The van der Waals surface area contributed by atoms with E-state index in [9.17, 15) is 0 Å². The average Bonchev–Trinajstić information content (AvgIpc) is 2.94. The summed E-state index contributed by atoms with van der Waals surface area (Å²) in [6.45, 7) is 9.21. The van der Waals surface area contributed by atoms with Crippen LogP contribution in [-0.2, 0) is 0 Å². The van der Waals surface area contributed by atoms with Crippen LogP contribution in [-0.4, -0.2) is 12.1 Å². The molecule has 39 heavy (non-hydrogen) atoms. The summed E-state index contributed by atoms with van der Waals surface area (Å²) >= 11 is 0. The summed E-state index contributed by atoms with van der Waals surface area (Å²) in [5, 5.41) is 7.66. The summed E-state index contributed by atoms with van der Waals surface area (Å²) < 4.78 is 6.37. The van der Waals surface area contributed by atoms with E-state index in [0.29, 0.717) is 12.1 Å². The van der Waals surface area contributed by atoms with Crippen LogP contribution in [0.3, 0.4) is 0 Å². The summed E-state index contributed by atoms with van der Waals surface area (Å²) in [5.74, 6) is 1.77. The molecule has 0 spiro atoms. The van der Waals surface area contributed by atoms with Crippen molar-refractivity contribution in [2.45, 2.75) is 155 Å². The van der Waals surface area contributed by atoms with Gasteiger partial charge in [0.1, 0.15) is 11.4 Å². The van der Waals surface area contributed by atoms with Gasteiger partial charge in [0.15, 0.2) is 5.75 Å². The highest BCUT2D eigenvalue weighted by molar-refractivity contribution is 5.76. The Morgan fingerprint density at radius 3 is 1.56 bits per heavy atom. The molecule has 220 valence electrons. The van der Waals surface area contributed by atoms with Crippen molar-refractivity contribution in [1.82, 2.24) is 0 Å². The van der Waals surface area contributed by atoms with Crippen molar-refractivity contribution in [2.75, 3.05) is 10.6 Å². The lowest BCUT2D eigenvalue weighted by Crippen LogP contribution is -2.20. The summed E-state index contributed by atoms with van der Waals surface area (Å²) in [7, 11) is 0. The third-order valence-corrected chi connectivity index (χ3v) is 7.77. The summed E-state index contributed by atoms with van der Waals surface area (Å²) in [6, 6.07) is 17.4. The maximum atomic E-state index is 6.37. The molecule has 2 unspecified atom stereocenters. The molecule has 0 aliphatic carbocycles. The molecule has 0 radical (unpaired) electrons. The second kappa shape index (κ2) is 21.6. The first kappa shape index (κ1) is 33.0. The first-order valence-electron chi connectivity index (χ1n) is 16.5. The molecule has 0 heterocycles. The maximum absolute atomic E-state index is 6.37. The lowest BCUT2D eigenvalue weighted by molar-refractivity contribution is 0.483. The zero-order chi connectivity index (χ0) is 28.0. The molecule has 0 bridgehead atoms. The third kappa shape index (κ3) is 15.3. The fourth-order valence-electron chi connectivity index (χ4n) is 5.33. The van der Waals surface area contributed by atoms with Gasteiger partial charge in [-0.05, 0) is 51.0 Å². The Morgan fingerprint density at radius 1 is 0.538 bits per heavy atom. The normalized spacial score (nSPS) is 12.7. The number of unbranched alkanes of at least 4 members (excludes halogenated alkanes) is 14. The van der Waals surface area contributed by atoms with Crippen molar-refractivity contribution in [1.29, 1.82) is 0 Å². The Hall–Kier alpha value is -2.16. The van der Waals surface area contributed by atoms with Gasteiger partial charge in [0, 0.05) is 12.1 Å². The minimum absolute atomic E-state index is 0.397. The average molecular weight is 537 g/mol. The van der Waals surface area contributed by atoms with Gasteiger partial charge in [-0.15, -0.1) is 0 Å². The number of benzene rings is 2. The Morgan fingerprint density at radius 2 is 1.03 bits per heavy atom. The lowest BCUT2D eigenvalue weighted by atomic mass is 10.0. The Bertz CT molecular complexity index is 837. The molecule has 2 aromatic carbocycles. The maximum Gasteiger partial charge on any atom is 0.152 e. The van der Waals surface area contributed by atoms with Crippen molar-refractivity contribution in [3.05, 3.63) is 48.5 Å². The van der Waals surface area contributed by atoms with E-state index in [2.05, 4.69) is 56.5 Å². The van der Waals surface area contributed by atoms with E-state index < -0.39 is 0 Å². The molecular weight excluding hydrogens is 476 g/mol. The molecule has 3 nitrogen and oxygen atoms in total. The molecule has 2 atom stereocenters. The number of anilines is 2. The van der Waals surface area contributed by atoms with Gasteiger partial charge in [-0.3, -0.25) is 0 Å². The highest BCUT2D eigenvalue weighted by Gasteiger charge is 2.15. The Balaban J connectivity index is 1.90. The van der Waals surface area contributed by atoms with E-state index in [0.717, 1.165) is 22.9 Å². The molecule has 3 heteroatoms. The predicted octanol–water partition coefficient (Wildman–Crippen LogP) is 12.1. The van der Waals surface area contributed by atoms with Gasteiger partial charge < -0.3 is 15.4 Å². The van der Waals surface area contributed by atoms with Crippen LogP contribution in [0.25, 0.3) is 0 Å². The number of nitrogens with one attached hydrogen (secondary N) is 2. The van der Waals surface area contributed by atoms with E-state index in [1.165, 1.54) is 116 Å². The van der Waals surface area contributed by atoms with Crippen LogP contribution in [0.15, 0.2) is 48.5 Å². The van der Waals surface area contributed by atoms with Crippen LogP contribution >= 0.6 is 0 Å². The summed E-state index contributed by atoms with van der Waals surface area (Å²) in [5.41, 5.74) is 2.24. The minimum atomic E-state index is 0.397. The number of para-hydroxylation sites is 2. The standard InChI is InChI=1S/C36H60N2O/c1-5-7-9-11-13-15-17-20-25-31(3)37-34-29-24-30-35(39-33-27-22-19-23-28-33)36(34)38-32(4)26-21-18-16-14-12-10-8-6-2/h19,22-24,27-32,37-38H,5-18,20-21,25-26H2,1-4H3. The molecule has 0 aliphatic rings. The molecule has 0 aliphatic heterocycles. The lowest BCUT2D eigenvalue weighted by Gasteiger charge is -2.24. The van der Waals surface area contributed by atoms with Gasteiger partial charge in [0.25, 0.3) is 0 Å². The SMILES string of the molecule is CCCCCCCCCCC(C)Nc1cccc(Oc2ccccc2)c1NC(C)CCCCCCCCCC. The molecule has 0 saturated carbocycles. The minimum Gasteiger partial charge on any atom is -0.455 e. The zero-order valence-corrected chi connectivity index (χ0v) is 25.9. The molecule has 2 rings (SSSR count). The van der Waals surface area contributed by atoms with Crippen molar-refractivity contribution in [3.63, 3.8) is 0 Å². The summed E-state index contributed by atoms with van der Waals surface area (Å²) in [4.78, 5) is 0. The number of rotatable bonds is 24. The Kier molecular flexibility index (Phi) is 18.3. The third-order valence-electron chi connectivity index (χ3n) is 7.77. The summed E-state index contributed by atoms with van der Waals surface area (Å²) in [6.07, 6.45) is 24.2. The second-order valence-electron chi connectivity index (χ2n) is 11.7. The molecule has 0 aromatic heterocycles. The van der Waals surface area contributed by atoms with Crippen molar-refractivity contribution < 1.29 is 4.74 Å². The van der Waals surface area contributed by atoms with Crippen LogP contribution in [0.2, 0.25) is 0 Å².